The molecule has 1 fully saturated rings. The van der Waals surface area contributed by atoms with Gasteiger partial charge >= 0.3 is 6.03 Å². The molecule has 2 rings (SSSR count). The van der Waals surface area contributed by atoms with Gasteiger partial charge in [-0.25, -0.2) is 10.2 Å². The van der Waals surface area contributed by atoms with Crippen LogP contribution in [0.1, 0.15) is 18.1 Å². The normalized spacial score (nSPS) is 16.4. The highest BCUT2D eigenvalue weighted by atomic mass is 16.5. The van der Waals surface area contributed by atoms with Gasteiger partial charge < -0.3 is 20.1 Å². The number of methoxy groups -OCH3 is 1. The van der Waals surface area contributed by atoms with Gasteiger partial charge in [0.15, 0.2) is 0 Å². The molecule has 4 N–H and O–H groups in total. The molecule has 1 aromatic carbocycles. The van der Waals surface area contributed by atoms with E-state index in [4.69, 9.17) is 15.2 Å². The van der Waals surface area contributed by atoms with Crippen LogP contribution in [0, 0.1) is 0 Å². The van der Waals surface area contributed by atoms with Crippen LogP contribution in [0.15, 0.2) is 23.3 Å². The summed E-state index contributed by atoms with van der Waals surface area (Å²) in [6.45, 7) is 6.26. The van der Waals surface area contributed by atoms with E-state index in [-0.39, 0.29) is 0 Å². The number of carbonyl (C=O) groups is 1. The summed E-state index contributed by atoms with van der Waals surface area (Å²) in [6.07, 6.45) is 0. The van der Waals surface area contributed by atoms with Crippen molar-refractivity contribution in [1.82, 2.24) is 5.43 Å². The van der Waals surface area contributed by atoms with Crippen molar-refractivity contribution >= 4 is 11.7 Å². The molecular weight excluding hydrogens is 284 g/mol. The highest BCUT2D eigenvalue weighted by molar-refractivity contribution is 5.99. The molecule has 120 valence electrons. The molecule has 0 aliphatic carbocycles. The molecule has 7 nitrogen and oxygen atoms in total. The number of ether oxygens (including phenoxy) is 2. The van der Waals surface area contributed by atoms with Crippen LogP contribution in [0.25, 0.3) is 0 Å². The van der Waals surface area contributed by atoms with E-state index in [0.717, 1.165) is 49.7 Å². The van der Waals surface area contributed by atoms with Gasteiger partial charge in [0.05, 0.1) is 26.0 Å². The van der Waals surface area contributed by atoms with Gasteiger partial charge in [0, 0.05) is 5.56 Å². The van der Waals surface area contributed by atoms with Crippen molar-refractivity contribution in [3.8, 4) is 5.75 Å². The highest BCUT2D eigenvalue weighted by Crippen LogP contribution is 2.19. The third-order valence-corrected chi connectivity index (χ3v) is 3.67. The van der Waals surface area contributed by atoms with Gasteiger partial charge in [-0.2, -0.15) is 5.10 Å². The van der Waals surface area contributed by atoms with Gasteiger partial charge in [0.1, 0.15) is 25.4 Å². The van der Waals surface area contributed by atoms with Crippen LogP contribution in [0.2, 0.25) is 0 Å². The van der Waals surface area contributed by atoms with E-state index in [0.29, 0.717) is 5.71 Å². The standard InChI is InChI=1S/C15H22N4O3/c1-11(17-18-15(16)20)12-3-4-14(21-2)13(9-12)10-19-5-7-22-8-6-19/h3-4,9H,5-8,10H2,1-2H3,(H3,16,18,20)/p+1/b17-11-. The minimum Gasteiger partial charge on any atom is -0.496 e. The Morgan fingerprint density at radius 3 is 2.82 bits per heavy atom. The maximum absolute atomic E-state index is 10.7. The number of benzene rings is 1. The van der Waals surface area contributed by atoms with Crippen LogP contribution in [0.4, 0.5) is 4.79 Å². The Morgan fingerprint density at radius 2 is 2.18 bits per heavy atom. The van der Waals surface area contributed by atoms with Crippen LogP contribution in [0.5, 0.6) is 5.75 Å². The largest absolute Gasteiger partial charge is 0.496 e. The number of nitrogens with zero attached hydrogens (tertiary/aromatic N) is 1. The number of nitrogens with two attached hydrogens (primary N) is 1. The van der Waals surface area contributed by atoms with Crippen molar-refractivity contribution in [2.45, 2.75) is 13.5 Å². The van der Waals surface area contributed by atoms with Crippen molar-refractivity contribution in [1.29, 1.82) is 0 Å². The Kier molecular flexibility index (Phi) is 5.74. The highest BCUT2D eigenvalue weighted by Gasteiger charge is 2.17. The summed E-state index contributed by atoms with van der Waals surface area (Å²) in [5.41, 5.74) is 10.0. The van der Waals surface area contributed by atoms with E-state index in [9.17, 15) is 4.79 Å². The number of morpholine rings is 1. The van der Waals surface area contributed by atoms with Crippen LogP contribution < -0.4 is 20.8 Å². The van der Waals surface area contributed by atoms with Crippen molar-refractivity contribution in [3.05, 3.63) is 29.3 Å². The third kappa shape index (κ3) is 4.44. The lowest BCUT2D eigenvalue weighted by Gasteiger charge is -2.24. The van der Waals surface area contributed by atoms with E-state index in [1.165, 1.54) is 4.90 Å². The number of rotatable bonds is 5. The maximum atomic E-state index is 10.7. The number of urea groups is 1. The second kappa shape index (κ2) is 7.77. The second-order valence-corrected chi connectivity index (χ2v) is 5.24. The second-order valence-electron chi connectivity index (χ2n) is 5.24. The van der Waals surface area contributed by atoms with Crippen molar-refractivity contribution < 1.29 is 19.2 Å². The molecule has 1 aliphatic rings. The molecule has 0 aromatic heterocycles. The molecule has 1 heterocycles. The minimum atomic E-state index is -0.675. The third-order valence-electron chi connectivity index (χ3n) is 3.67. The van der Waals surface area contributed by atoms with E-state index in [2.05, 4.69) is 10.5 Å². The van der Waals surface area contributed by atoms with Crippen molar-refractivity contribution in [2.24, 2.45) is 10.8 Å². The van der Waals surface area contributed by atoms with Gasteiger partial charge in [-0.05, 0) is 30.7 Å². The zero-order valence-electron chi connectivity index (χ0n) is 13.0. The molecule has 22 heavy (non-hydrogen) atoms. The molecule has 0 spiro atoms. The zero-order chi connectivity index (χ0) is 15.9. The van der Waals surface area contributed by atoms with E-state index >= 15 is 0 Å². The molecule has 7 heteroatoms. The molecular formula is C15H23N4O3+. The van der Waals surface area contributed by atoms with E-state index in [1.54, 1.807) is 7.11 Å². The lowest BCUT2D eigenvalue weighted by atomic mass is 10.1. The van der Waals surface area contributed by atoms with Gasteiger partial charge in [-0.15, -0.1) is 0 Å². The lowest BCUT2D eigenvalue weighted by Crippen LogP contribution is -3.12. The Morgan fingerprint density at radius 1 is 1.45 bits per heavy atom. The molecule has 0 saturated carbocycles. The average molecular weight is 307 g/mol. The Balaban J connectivity index is 2.17. The monoisotopic (exact) mass is 307 g/mol. The summed E-state index contributed by atoms with van der Waals surface area (Å²) >= 11 is 0. The Bertz CT molecular complexity index is 554. The van der Waals surface area contributed by atoms with Crippen molar-refractivity contribution in [3.63, 3.8) is 0 Å². The fourth-order valence-electron chi connectivity index (χ4n) is 2.45. The SMILES string of the molecule is COc1ccc(/C(C)=N\NC(N)=O)cc1C[NH+]1CCOCC1. The van der Waals surface area contributed by atoms with Gasteiger partial charge in [-0.3, -0.25) is 0 Å². The number of hydrogen-bond donors (Lipinski definition) is 3. The van der Waals surface area contributed by atoms with Crippen LogP contribution >= 0.6 is 0 Å². The summed E-state index contributed by atoms with van der Waals surface area (Å²) in [4.78, 5) is 12.2. The molecule has 0 unspecified atom stereocenters. The first kappa shape index (κ1) is 16.3. The Hall–Kier alpha value is -2.12. The molecule has 1 aliphatic heterocycles. The van der Waals surface area contributed by atoms with Gasteiger partial charge in [-0.1, -0.05) is 0 Å². The topological polar surface area (TPSA) is 90.4 Å². The number of hydrogen-bond acceptors (Lipinski definition) is 4. The summed E-state index contributed by atoms with van der Waals surface area (Å²) in [5, 5.41) is 3.96. The quantitative estimate of drug-likeness (QED) is 0.506. The first-order valence-corrected chi connectivity index (χ1v) is 7.28. The predicted molar refractivity (Wildman–Crippen MR) is 83.1 cm³/mol. The predicted octanol–water partition coefficient (Wildman–Crippen LogP) is -0.497. The Labute approximate surface area is 130 Å². The number of amides is 2. The molecule has 0 atom stereocenters. The molecule has 1 saturated heterocycles. The molecule has 1 aromatic rings. The van der Waals surface area contributed by atoms with Gasteiger partial charge in [0.25, 0.3) is 0 Å². The zero-order valence-corrected chi connectivity index (χ0v) is 13.0. The fourth-order valence-corrected chi connectivity index (χ4v) is 2.45. The number of carbonyl (C=O) groups excluding carboxylic acids is 1. The van der Waals surface area contributed by atoms with Gasteiger partial charge in [0.2, 0.25) is 0 Å². The first-order chi connectivity index (χ1) is 10.6. The molecule has 0 radical (unpaired) electrons. The van der Waals surface area contributed by atoms with Crippen LogP contribution in [-0.2, 0) is 11.3 Å². The van der Waals surface area contributed by atoms with Crippen LogP contribution in [0.3, 0.4) is 0 Å². The number of hydrazone groups is 1. The van der Waals surface area contributed by atoms with E-state index < -0.39 is 6.03 Å². The number of nitrogens with one attached hydrogen (secondary N) is 2. The molecule has 2 amide bonds. The lowest BCUT2D eigenvalue weighted by molar-refractivity contribution is -0.921. The minimum absolute atomic E-state index is 0.675. The average Bonchev–Trinajstić information content (AvgIpc) is 2.53. The summed E-state index contributed by atoms with van der Waals surface area (Å²) in [6, 6.07) is 5.21. The first-order valence-electron chi connectivity index (χ1n) is 7.28. The summed E-state index contributed by atoms with van der Waals surface area (Å²) in [5.74, 6) is 0.860. The fraction of sp³-hybridized carbons (Fsp3) is 0.467. The number of primary amides is 1. The van der Waals surface area contributed by atoms with Crippen LogP contribution in [-0.4, -0.2) is 45.2 Å². The maximum Gasteiger partial charge on any atom is 0.332 e. The summed E-state index contributed by atoms with van der Waals surface area (Å²) < 4.78 is 10.8. The smallest absolute Gasteiger partial charge is 0.332 e. The van der Waals surface area contributed by atoms with Crippen molar-refractivity contribution in [2.75, 3.05) is 33.4 Å². The molecule has 0 bridgehead atoms. The van der Waals surface area contributed by atoms with E-state index in [1.807, 2.05) is 25.1 Å². The number of quaternary nitrogens is 1. The summed E-state index contributed by atoms with van der Waals surface area (Å²) in [7, 11) is 1.67.